The summed E-state index contributed by atoms with van der Waals surface area (Å²) in [6, 6.07) is 0. The maximum absolute atomic E-state index is 12.9. The topological polar surface area (TPSA) is 61.8 Å². The van der Waals surface area contributed by atoms with Crippen LogP contribution in [-0.2, 0) is 23.8 Å². The Morgan fingerprint density at radius 2 is 1.63 bits per heavy atom. The fourth-order valence-electron chi connectivity index (χ4n) is 8.91. The van der Waals surface area contributed by atoms with Crippen LogP contribution in [0.3, 0.4) is 0 Å². The summed E-state index contributed by atoms with van der Waals surface area (Å²) in [4.78, 5) is 25.1. The van der Waals surface area contributed by atoms with Gasteiger partial charge in [0.2, 0.25) is 0 Å². The van der Waals surface area contributed by atoms with Gasteiger partial charge in [0.1, 0.15) is 6.10 Å². The molecule has 0 aliphatic heterocycles. The van der Waals surface area contributed by atoms with Gasteiger partial charge < -0.3 is 14.2 Å². The highest BCUT2D eigenvalue weighted by Gasteiger charge is 2.66. The zero-order valence-corrected chi connectivity index (χ0v) is 18.3. The van der Waals surface area contributed by atoms with Gasteiger partial charge >= 0.3 is 11.9 Å². The molecular weight excluding hydrogens is 380 g/mol. The van der Waals surface area contributed by atoms with Crippen molar-refractivity contribution in [3.05, 3.63) is 0 Å². The van der Waals surface area contributed by atoms with E-state index in [1.807, 2.05) is 13.8 Å². The number of ether oxygens (including phenoxy) is 3. The van der Waals surface area contributed by atoms with Crippen LogP contribution in [0.5, 0.6) is 0 Å². The van der Waals surface area contributed by atoms with Crippen LogP contribution in [0, 0.1) is 59.2 Å². The maximum atomic E-state index is 12.9. The molecule has 30 heavy (non-hydrogen) atoms. The lowest BCUT2D eigenvalue weighted by Gasteiger charge is -2.40. The van der Waals surface area contributed by atoms with Gasteiger partial charge in [-0.2, -0.15) is 0 Å². The normalized spacial score (nSPS) is 49.8. The Morgan fingerprint density at radius 3 is 2.37 bits per heavy atom. The lowest BCUT2D eigenvalue weighted by Crippen LogP contribution is -2.42. The molecule has 0 spiro atoms. The van der Waals surface area contributed by atoms with Crippen molar-refractivity contribution in [2.45, 2.75) is 77.4 Å². The lowest BCUT2D eigenvalue weighted by atomic mass is 9.67. The van der Waals surface area contributed by atoms with Crippen molar-refractivity contribution in [3.63, 3.8) is 0 Å². The first-order valence-electron chi connectivity index (χ1n) is 12.5. The van der Waals surface area contributed by atoms with E-state index in [4.69, 9.17) is 14.2 Å². The van der Waals surface area contributed by atoms with Crippen LogP contribution < -0.4 is 0 Å². The van der Waals surface area contributed by atoms with Gasteiger partial charge in [-0.05, 0) is 98.7 Å². The molecule has 0 radical (unpaired) electrons. The Labute approximate surface area is 179 Å². The zero-order valence-electron chi connectivity index (χ0n) is 18.3. The van der Waals surface area contributed by atoms with Crippen molar-refractivity contribution in [2.75, 3.05) is 6.79 Å². The summed E-state index contributed by atoms with van der Waals surface area (Å²) in [5.41, 5.74) is 0. The minimum Gasteiger partial charge on any atom is -0.462 e. The molecule has 11 atom stereocenters. The summed E-state index contributed by atoms with van der Waals surface area (Å²) in [5.74, 6) is 4.93. The summed E-state index contributed by atoms with van der Waals surface area (Å²) in [5, 5.41) is 0. The Balaban J connectivity index is 1.05. The summed E-state index contributed by atoms with van der Waals surface area (Å²) < 4.78 is 17.5. The summed E-state index contributed by atoms with van der Waals surface area (Å²) >= 11 is 0. The molecule has 0 aromatic carbocycles. The van der Waals surface area contributed by atoms with Crippen molar-refractivity contribution < 1.29 is 23.8 Å². The quantitative estimate of drug-likeness (QED) is 0.369. The second-order valence-electron chi connectivity index (χ2n) is 11.6. The highest BCUT2D eigenvalue weighted by molar-refractivity contribution is 5.73. The first-order valence-corrected chi connectivity index (χ1v) is 12.5. The third kappa shape index (κ3) is 2.97. The van der Waals surface area contributed by atoms with Crippen LogP contribution in [0.2, 0.25) is 0 Å². The van der Waals surface area contributed by atoms with E-state index in [-0.39, 0.29) is 36.7 Å². The third-order valence-corrected chi connectivity index (χ3v) is 9.96. The molecule has 5 nitrogen and oxygen atoms in total. The molecule has 6 aliphatic rings. The minimum atomic E-state index is -0.0715. The first kappa shape index (κ1) is 19.6. The van der Waals surface area contributed by atoms with Crippen LogP contribution >= 0.6 is 0 Å². The minimum absolute atomic E-state index is 0.0284. The van der Waals surface area contributed by atoms with E-state index >= 15 is 0 Å². The lowest BCUT2D eigenvalue weighted by molar-refractivity contribution is -0.173. The maximum Gasteiger partial charge on any atom is 0.311 e. The molecule has 0 amide bonds. The van der Waals surface area contributed by atoms with Gasteiger partial charge in [-0.1, -0.05) is 13.8 Å². The van der Waals surface area contributed by atoms with Gasteiger partial charge in [0, 0.05) is 0 Å². The molecule has 5 heteroatoms. The van der Waals surface area contributed by atoms with E-state index in [2.05, 4.69) is 0 Å². The molecular formula is C25H36O5. The highest BCUT2D eigenvalue weighted by Crippen LogP contribution is 2.69. The predicted molar refractivity (Wildman–Crippen MR) is 109 cm³/mol. The number of carbonyl (C=O) groups is 2. The summed E-state index contributed by atoms with van der Waals surface area (Å²) in [7, 11) is 0. The van der Waals surface area contributed by atoms with Crippen LogP contribution in [0.25, 0.3) is 0 Å². The van der Waals surface area contributed by atoms with Crippen molar-refractivity contribution in [3.8, 4) is 0 Å². The van der Waals surface area contributed by atoms with Gasteiger partial charge in [0.15, 0.2) is 6.79 Å². The first-order chi connectivity index (χ1) is 14.5. The Hall–Kier alpha value is -1.10. The predicted octanol–water partition coefficient (Wildman–Crippen LogP) is 4.19. The monoisotopic (exact) mass is 416 g/mol. The average Bonchev–Trinajstić information content (AvgIpc) is 3.54. The van der Waals surface area contributed by atoms with Gasteiger partial charge in [0.05, 0.1) is 17.9 Å². The molecule has 0 aromatic rings. The van der Waals surface area contributed by atoms with E-state index in [1.54, 1.807) is 0 Å². The number of hydrogen-bond donors (Lipinski definition) is 0. The number of esters is 2. The highest BCUT2D eigenvalue weighted by atomic mass is 16.7. The van der Waals surface area contributed by atoms with Gasteiger partial charge in [0.25, 0.3) is 0 Å². The Morgan fingerprint density at radius 1 is 0.833 bits per heavy atom. The van der Waals surface area contributed by atoms with E-state index < -0.39 is 0 Å². The van der Waals surface area contributed by atoms with Crippen LogP contribution in [-0.4, -0.2) is 30.9 Å². The van der Waals surface area contributed by atoms with Crippen LogP contribution in [0.15, 0.2) is 0 Å². The molecule has 6 saturated carbocycles. The molecule has 6 aliphatic carbocycles. The standard InChI is InChI=1S/C25H36O5/c1-12(2)24(26)30-21-10-16-9-19(21)23-17-7-15(22(16)23)8-18(17)25(27)29-11-28-20-6-13-3-4-14(20)5-13/h12-23H,3-11H2,1-2H3. The number of hydrogen-bond acceptors (Lipinski definition) is 5. The zero-order chi connectivity index (χ0) is 20.6. The fraction of sp³-hybridized carbons (Fsp3) is 0.920. The molecule has 6 rings (SSSR count). The number of fused-ring (bicyclic) bond motifs is 11. The Kier molecular flexibility index (Phi) is 4.71. The smallest absolute Gasteiger partial charge is 0.311 e. The van der Waals surface area contributed by atoms with Gasteiger partial charge in [-0.3, -0.25) is 9.59 Å². The average molecular weight is 417 g/mol. The SMILES string of the molecule is CC(C)C(=O)OC1CC2CC1C1C3CC(CC3C(=O)OCOC3CC4CCC3C4)C21. The van der Waals surface area contributed by atoms with Crippen molar-refractivity contribution in [2.24, 2.45) is 59.2 Å². The summed E-state index contributed by atoms with van der Waals surface area (Å²) in [6.45, 7) is 3.94. The molecule has 6 fully saturated rings. The van der Waals surface area contributed by atoms with E-state index in [1.165, 1.54) is 32.1 Å². The Bertz CT molecular complexity index is 718. The molecule has 0 N–H and O–H groups in total. The molecule has 166 valence electrons. The largest absolute Gasteiger partial charge is 0.462 e. The molecule has 0 heterocycles. The molecule has 0 aromatic heterocycles. The van der Waals surface area contributed by atoms with E-state index in [0.29, 0.717) is 41.6 Å². The summed E-state index contributed by atoms with van der Waals surface area (Å²) in [6.07, 6.45) is 9.87. The number of carbonyl (C=O) groups excluding carboxylic acids is 2. The van der Waals surface area contributed by atoms with E-state index in [0.717, 1.165) is 31.1 Å². The molecule has 0 saturated heterocycles. The van der Waals surface area contributed by atoms with Crippen molar-refractivity contribution in [1.29, 1.82) is 0 Å². The third-order valence-electron chi connectivity index (χ3n) is 9.96. The van der Waals surface area contributed by atoms with Crippen LogP contribution in [0.4, 0.5) is 0 Å². The van der Waals surface area contributed by atoms with Gasteiger partial charge in [-0.25, -0.2) is 0 Å². The van der Waals surface area contributed by atoms with Gasteiger partial charge in [-0.15, -0.1) is 0 Å². The fourth-order valence-corrected chi connectivity index (χ4v) is 8.91. The molecule has 11 unspecified atom stereocenters. The van der Waals surface area contributed by atoms with Crippen molar-refractivity contribution >= 4 is 11.9 Å². The van der Waals surface area contributed by atoms with Crippen LogP contribution in [0.1, 0.15) is 65.2 Å². The second-order valence-corrected chi connectivity index (χ2v) is 11.6. The number of rotatable bonds is 6. The second kappa shape index (κ2) is 7.21. The molecule has 6 bridgehead atoms. The van der Waals surface area contributed by atoms with Crippen molar-refractivity contribution in [1.82, 2.24) is 0 Å². The van der Waals surface area contributed by atoms with E-state index in [9.17, 15) is 9.59 Å².